The van der Waals surface area contributed by atoms with Gasteiger partial charge < -0.3 is 14.9 Å². The van der Waals surface area contributed by atoms with Gasteiger partial charge in [-0.25, -0.2) is 14.5 Å². The zero-order chi connectivity index (χ0) is 9.72. The van der Waals surface area contributed by atoms with Gasteiger partial charge in [0.2, 0.25) is 0 Å². The predicted octanol–water partition coefficient (Wildman–Crippen LogP) is -0.183. The summed E-state index contributed by atoms with van der Waals surface area (Å²) in [4.78, 5) is 30.6. The van der Waals surface area contributed by atoms with Gasteiger partial charge in [-0.1, -0.05) is 0 Å². The molecule has 0 saturated heterocycles. The summed E-state index contributed by atoms with van der Waals surface area (Å²) in [7, 11) is 1.03. The third kappa shape index (κ3) is 2.86. The molecule has 0 aromatic heterocycles. The third-order valence-electron chi connectivity index (χ3n) is 0.977. The Kier molecular flexibility index (Phi) is 3.54. The molecule has 0 aliphatic rings. The van der Waals surface area contributed by atoms with Gasteiger partial charge in [-0.3, -0.25) is 4.79 Å². The van der Waals surface area contributed by atoms with Gasteiger partial charge in [-0.05, 0) is 0 Å². The van der Waals surface area contributed by atoms with Crippen LogP contribution in [-0.4, -0.2) is 46.9 Å². The minimum atomic E-state index is -1.71. The second-order valence-corrected chi connectivity index (χ2v) is 1.73. The number of imide groups is 1. The van der Waals surface area contributed by atoms with E-state index in [1.54, 1.807) is 0 Å². The SMILES string of the molecule is COC(=O)CN(C(=O)O)C(=O)O. The molecule has 0 bridgehead atoms. The first-order valence-corrected chi connectivity index (χ1v) is 2.79. The molecule has 0 aromatic rings. The molecule has 0 radical (unpaired) electrons. The summed E-state index contributed by atoms with van der Waals surface area (Å²) in [6.45, 7) is -0.818. The quantitative estimate of drug-likeness (QED) is 0.567. The van der Waals surface area contributed by atoms with E-state index in [0.717, 1.165) is 7.11 Å². The first-order valence-electron chi connectivity index (χ1n) is 2.79. The molecule has 7 heteroatoms. The van der Waals surface area contributed by atoms with Crippen LogP contribution in [0.2, 0.25) is 0 Å². The number of esters is 1. The number of hydrogen-bond donors (Lipinski definition) is 2. The number of ether oxygens (including phenoxy) is 1. The topological polar surface area (TPSA) is 104 Å². The Morgan fingerprint density at radius 1 is 1.25 bits per heavy atom. The molecule has 68 valence electrons. The van der Waals surface area contributed by atoms with Crippen LogP contribution in [0.3, 0.4) is 0 Å². The first-order chi connectivity index (χ1) is 5.49. The van der Waals surface area contributed by atoms with Crippen LogP contribution in [0.15, 0.2) is 0 Å². The molecular weight excluding hydrogens is 170 g/mol. The normalized spacial score (nSPS) is 8.75. The molecule has 12 heavy (non-hydrogen) atoms. The number of carboxylic acid groups (broad SMARTS) is 2. The lowest BCUT2D eigenvalue weighted by Crippen LogP contribution is -2.38. The van der Waals surface area contributed by atoms with Gasteiger partial charge in [0.1, 0.15) is 6.54 Å². The zero-order valence-electron chi connectivity index (χ0n) is 6.18. The lowest BCUT2D eigenvalue weighted by molar-refractivity contribution is -0.141. The molecule has 0 saturated carbocycles. The molecule has 0 rings (SSSR count). The van der Waals surface area contributed by atoms with Crippen LogP contribution in [0, 0.1) is 0 Å². The summed E-state index contributed by atoms with van der Waals surface area (Å²) in [5, 5.41) is 16.5. The number of methoxy groups -OCH3 is 1. The molecule has 0 aliphatic heterocycles. The highest BCUT2D eigenvalue weighted by atomic mass is 16.5. The van der Waals surface area contributed by atoms with Gasteiger partial charge in [0.05, 0.1) is 7.11 Å². The Morgan fingerprint density at radius 2 is 1.67 bits per heavy atom. The fourth-order valence-corrected chi connectivity index (χ4v) is 0.411. The van der Waals surface area contributed by atoms with Gasteiger partial charge >= 0.3 is 18.2 Å². The van der Waals surface area contributed by atoms with Crippen molar-refractivity contribution in [2.75, 3.05) is 13.7 Å². The summed E-state index contributed by atoms with van der Waals surface area (Å²) in [6.07, 6.45) is -3.43. The number of hydrogen-bond acceptors (Lipinski definition) is 4. The molecule has 2 amide bonds. The molecule has 0 heterocycles. The summed E-state index contributed by atoms with van der Waals surface area (Å²) in [5.41, 5.74) is 0. The van der Waals surface area contributed by atoms with Crippen LogP contribution in [0.25, 0.3) is 0 Å². The second-order valence-electron chi connectivity index (χ2n) is 1.73. The van der Waals surface area contributed by atoms with Crippen molar-refractivity contribution < 1.29 is 29.3 Å². The van der Waals surface area contributed by atoms with Crippen molar-refractivity contribution in [3.05, 3.63) is 0 Å². The number of nitrogens with zero attached hydrogens (tertiary/aromatic N) is 1. The van der Waals surface area contributed by atoms with Gasteiger partial charge in [0.25, 0.3) is 0 Å². The van der Waals surface area contributed by atoms with E-state index < -0.39 is 24.7 Å². The average molecular weight is 177 g/mol. The standard InChI is InChI=1S/C5H7NO6/c1-12-3(7)2-6(4(8)9)5(10)11/h2H2,1H3,(H,8,9)(H,10,11). The van der Waals surface area contributed by atoms with Crippen molar-refractivity contribution >= 4 is 18.2 Å². The fraction of sp³-hybridized carbons (Fsp3) is 0.400. The maximum Gasteiger partial charge on any atom is 0.417 e. The maximum atomic E-state index is 10.4. The minimum absolute atomic E-state index is 0.0775. The maximum absolute atomic E-state index is 10.4. The second kappa shape index (κ2) is 4.16. The molecule has 0 atom stereocenters. The number of carbonyl (C=O) groups excluding carboxylic acids is 1. The monoisotopic (exact) mass is 177 g/mol. The van der Waals surface area contributed by atoms with Gasteiger partial charge in [-0.15, -0.1) is 0 Å². The van der Waals surface area contributed by atoms with Crippen LogP contribution in [-0.2, 0) is 9.53 Å². The molecule has 2 N–H and O–H groups in total. The Morgan fingerprint density at radius 3 is 1.92 bits per heavy atom. The van der Waals surface area contributed by atoms with E-state index in [1.807, 2.05) is 0 Å². The number of amides is 2. The van der Waals surface area contributed by atoms with E-state index in [-0.39, 0.29) is 4.90 Å². The van der Waals surface area contributed by atoms with Crippen molar-refractivity contribution in [1.82, 2.24) is 4.90 Å². The van der Waals surface area contributed by atoms with Crippen molar-refractivity contribution in [3.8, 4) is 0 Å². The molecule has 0 aliphatic carbocycles. The number of rotatable bonds is 2. The Balaban J connectivity index is 4.24. The first kappa shape index (κ1) is 10.2. The highest BCUT2D eigenvalue weighted by Crippen LogP contribution is 1.91. The minimum Gasteiger partial charge on any atom is -0.468 e. The Hall–Kier alpha value is -1.79. The van der Waals surface area contributed by atoms with Gasteiger partial charge in [0, 0.05) is 0 Å². The van der Waals surface area contributed by atoms with E-state index in [2.05, 4.69) is 4.74 Å². The van der Waals surface area contributed by atoms with Crippen LogP contribution < -0.4 is 0 Å². The highest BCUT2D eigenvalue weighted by molar-refractivity contribution is 5.90. The van der Waals surface area contributed by atoms with Crippen LogP contribution >= 0.6 is 0 Å². The molecular formula is C5H7NO6. The largest absolute Gasteiger partial charge is 0.468 e. The molecule has 0 fully saturated rings. The Bertz CT molecular complexity index is 198. The molecule has 7 nitrogen and oxygen atoms in total. The van der Waals surface area contributed by atoms with E-state index in [4.69, 9.17) is 10.2 Å². The van der Waals surface area contributed by atoms with E-state index in [9.17, 15) is 14.4 Å². The molecule has 0 unspecified atom stereocenters. The predicted molar refractivity (Wildman–Crippen MR) is 34.8 cm³/mol. The highest BCUT2D eigenvalue weighted by Gasteiger charge is 2.22. The lowest BCUT2D eigenvalue weighted by Gasteiger charge is -2.10. The summed E-state index contributed by atoms with van der Waals surface area (Å²) in [5.74, 6) is -0.931. The van der Waals surface area contributed by atoms with Crippen molar-refractivity contribution in [2.45, 2.75) is 0 Å². The van der Waals surface area contributed by atoms with Crippen LogP contribution in [0.4, 0.5) is 9.59 Å². The van der Waals surface area contributed by atoms with Crippen LogP contribution in [0.1, 0.15) is 0 Å². The van der Waals surface area contributed by atoms with Gasteiger partial charge in [-0.2, -0.15) is 0 Å². The molecule has 0 spiro atoms. The smallest absolute Gasteiger partial charge is 0.417 e. The molecule has 0 aromatic carbocycles. The Labute approximate surface area is 67.1 Å². The lowest BCUT2D eigenvalue weighted by atomic mass is 10.6. The summed E-state index contributed by atoms with van der Waals surface area (Å²) < 4.78 is 4.07. The van der Waals surface area contributed by atoms with Crippen molar-refractivity contribution in [1.29, 1.82) is 0 Å². The fourth-order valence-electron chi connectivity index (χ4n) is 0.411. The van der Waals surface area contributed by atoms with Crippen LogP contribution in [0.5, 0.6) is 0 Å². The van der Waals surface area contributed by atoms with E-state index in [0.29, 0.717) is 0 Å². The van der Waals surface area contributed by atoms with Gasteiger partial charge in [0.15, 0.2) is 0 Å². The van der Waals surface area contributed by atoms with E-state index >= 15 is 0 Å². The zero-order valence-corrected chi connectivity index (χ0v) is 6.18. The number of carbonyl (C=O) groups is 3. The summed E-state index contributed by atoms with van der Waals surface area (Å²) in [6, 6.07) is 0. The van der Waals surface area contributed by atoms with Crippen molar-refractivity contribution in [2.24, 2.45) is 0 Å². The summed E-state index contributed by atoms with van der Waals surface area (Å²) >= 11 is 0. The van der Waals surface area contributed by atoms with Crippen molar-refractivity contribution in [3.63, 3.8) is 0 Å². The van der Waals surface area contributed by atoms with E-state index in [1.165, 1.54) is 0 Å². The average Bonchev–Trinajstić information content (AvgIpc) is 1.98. The third-order valence-corrected chi connectivity index (χ3v) is 0.977.